The van der Waals surface area contributed by atoms with Crippen molar-refractivity contribution >= 4 is 10.1 Å². The Morgan fingerprint density at radius 1 is 0.826 bits per heavy atom. The van der Waals surface area contributed by atoms with Gasteiger partial charge >= 0.3 is 21.8 Å². The number of quaternary nitrogens is 1. The van der Waals surface area contributed by atoms with Gasteiger partial charge in [0.2, 0.25) is 0 Å². The average molecular weight is 376 g/mol. The summed E-state index contributed by atoms with van der Waals surface area (Å²) in [5.41, 5.74) is 0. The molecule has 0 aliphatic carbocycles. The molecule has 0 saturated carbocycles. The zero-order valence-electron chi connectivity index (χ0n) is 12.2. The first-order valence-corrected chi connectivity index (χ1v) is 7.79. The van der Waals surface area contributed by atoms with Crippen LogP contribution in [0.4, 0.5) is 17.6 Å². The molecule has 13 heteroatoms. The van der Waals surface area contributed by atoms with Crippen molar-refractivity contribution in [3.8, 4) is 0 Å². The van der Waals surface area contributed by atoms with E-state index >= 15 is 0 Å². The topological polar surface area (TPSA) is 135 Å². The van der Waals surface area contributed by atoms with Gasteiger partial charge in [0.1, 0.15) is 26.2 Å². The van der Waals surface area contributed by atoms with Crippen LogP contribution in [0.1, 0.15) is 0 Å². The molecular weight excluding hydrogens is 354 g/mol. The Bertz CT molecular complexity index is 379. The third-order valence-electron chi connectivity index (χ3n) is 2.90. The molecule has 5 N–H and O–H groups in total. The van der Waals surface area contributed by atoms with E-state index in [4.69, 9.17) is 25.0 Å². The summed E-state index contributed by atoms with van der Waals surface area (Å²) < 4.78 is 71.6. The van der Waals surface area contributed by atoms with Crippen molar-refractivity contribution < 1.29 is 55.4 Å². The van der Waals surface area contributed by atoms with Gasteiger partial charge in [0.15, 0.2) is 0 Å². The van der Waals surface area contributed by atoms with E-state index in [0.29, 0.717) is 30.7 Å². The van der Waals surface area contributed by atoms with Gasteiger partial charge in [-0.05, 0) is 0 Å². The Morgan fingerprint density at radius 3 is 1.17 bits per heavy atom. The van der Waals surface area contributed by atoms with Gasteiger partial charge in [-0.1, -0.05) is 0 Å². The molecule has 8 nitrogen and oxygen atoms in total. The van der Waals surface area contributed by atoms with E-state index in [-0.39, 0.29) is 26.4 Å². The van der Waals surface area contributed by atoms with E-state index in [1.165, 1.54) is 0 Å². The molecule has 0 aromatic rings. The summed E-state index contributed by atoms with van der Waals surface area (Å²) in [7, 11) is -5.98. The van der Waals surface area contributed by atoms with Crippen LogP contribution in [0.5, 0.6) is 0 Å². The predicted molar refractivity (Wildman–Crippen MR) is 70.6 cm³/mol. The molecule has 0 bridgehead atoms. The highest BCUT2D eigenvalue weighted by Crippen LogP contribution is 2.27. The molecule has 0 aliphatic rings. The van der Waals surface area contributed by atoms with Crippen LogP contribution in [0.2, 0.25) is 0 Å². The number of aliphatic hydroxyl groups is 4. The lowest BCUT2D eigenvalue weighted by atomic mass is 10.3. The highest BCUT2D eigenvalue weighted by molar-refractivity contribution is 7.86. The summed E-state index contributed by atoms with van der Waals surface area (Å²) in [4.78, 5) is 0. The minimum atomic E-state index is -5.98. The molecule has 0 atom stereocenters. The second-order valence-corrected chi connectivity index (χ2v) is 5.96. The number of rotatable bonds is 10. The minimum absolute atomic E-state index is 0. The number of hydrogen-bond acceptors (Lipinski definition) is 6. The van der Waals surface area contributed by atoms with Crippen LogP contribution in [-0.2, 0) is 10.1 Å². The Hall–Kier alpha value is -0.570. The molecule has 0 saturated heterocycles. The van der Waals surface area contributed by atoms with E-state index in [1.807, 2.05) is 0 Å². The van der Waals surface area contributed by atoms with Crippen molar-refractivity contribution in [3.63, 3.8) is 0 Å². The summed E-state index contributed by atoms with van der Waals surface area (Å²) in [6.45, 7) is 1.84. The molecule has 0 heterocycles. The highest BCUT2D eigenvalue weighted by Gasteiger charge is 2.53. The quantitative estimate of drug-likeness (QED) is 0.178. The molecule has 0 rings (SSSR count). The summed E-state index contributed by atoms with van der Waals surface area (Å²) in [5, 5.41) is 29.9. The maximum absolute atomic E-state index is 11.5. The van der Waals surface area contributed by atoms with Gasteiger partial charge in [-0.25, -0.2) is 8.78 Å². The molecule has 0 fully saturated rings. The smallest absolute Gasteiger partial charge is 0.391 e. The van der Waals surface area contributed by atoms with Gasteiger partial charge in [0, 0.05) is 0 Å². The Balaban J connectivity index is 0. The lowest BCUT2D eigenvalue weighted by Gasteiger charge is -2.36. The summed E-state index contributed by atoms with van der Waals surface area (Å²) in [6, 6.07) is 0. The van der Waals surface area contributed by atoms with Crippen LogP contribution >= 0.6 is 0 Å². The molecule has 0 spiro atoms. The van der Waals surface area contributed by atoms with Gasteiger partial charge in [0.25, 0.3) is 0 Å². The van der Waals surface area contributed by atoms with E-state index in [1.54, 1.807) is 0 Å². The average Bonchev–Trinajstić information content (AvgIpc) is 2.39. The number of aliphatic hydroxyl groups excluding tert-OH is 4. The first kappa shape index (κ1) is 24.7. The normalized spacial score (nSPS) is 13.0. The van der Waals surface area contributed by atoms with Gasteiger partial charge < -0.3 is 24.9 Å². The van der Waals surface area contributed by atoms with Crippen LogP contribution in [0, 0.1) is 0 Å². The molecular formula is C10H22F4NO7S+. The second kappa shape index (κ2) is 11.1. The molecule has 0 aromatic heterocycles. The van der Waals surface area contributed by atoms with Crippen LogP contribution in [-0.4, -0.2) is 102 Å². The zero-order chi connectivity index (χ0) is 18.7. The van der Waals surface area contributed by atoms with Gasteiger partial charge in [-0.2, -0.15) is 17.2 Å². The highest BCUT2D eigenvalue weighted by atomic mass is 32.2. The zero-order valence-corrected chi connectivity index (χ0v) is 13.0. The Morgan fingerprint density at radius 2 is 1.09 bits per heavy atom. The minimum Gasteiger partial charge on any atom is -0.391 e. The summed E-state index contributed by atoms with van der Waals surface area (Å²) >= 11 is 0. The monoisotopic (exact) mass is 376 g/mol. The van der Waals surface area contributed by atoms with Crippen molar-refractivity contribution in [2.24, 2.45) is 0 Å². The molecule has 0 aromatic carbocycles. The SMILES string of the molecule is O=S(=O)(O)C(F)(F)C(F)F.OCC[N+](CCO)(CCO)CCO. The Labute approximate surface area is 130 Å². The van der Waals surface area contributed by atoms with Crippen molar-refractivity contribution in [3.05, 3.63) is 0 Å². The van der Waals surface area contributed by atoms with Crippen LogP contribution < -0.4 is 0 Å². The maximum Gasteiger partial charge on any atom is 0.428 e. The molecule has 142 valence electrons. The number of hydrogen-bond donors (Lipinski definition) is 5. The van der Waals surface area contributed by atoms with E-state index in [9.17, 15) is 26.0 Å². The largest absolute Gasteiger partial charge is 0.428 e. The van der Waals surface area contributed by atoms with Gasteiger partial charge in [0.05, 0.1) is 26.4 Å². The number of halogens is 4. The third-order valence-corrected chi connectivity index (χ3v) is 3.76. The summed E-state index contributed by atoms with van der Waals surface area (Å²) in [5.74, 6) is 0. The fourth-order valence-corrected chi connectivity index (χ4v) is 1.86. The standard InChI is InChI=1S/C8H20NO4.C2H2F4O3S/c10-5-1-9(2-6-11,3-7-12)4-8-13;3-1(4)2(5,6)10(7,8)9/h10-13H,1-8H2;1H,(H,7,8,9)/q+1;. The fourth-order valence-electron chi connectivity index (χ4n) is 1.63. The first-order chi connectivity index (χ1) is 10.4. The van der Waals surface area contributed by atoms with Crippen molar-refractivity contribution in [1.29, 1.82) is 0 Å². The van der Waals surface area contributed by atoms with Gasteiger partial charge in [-0.3, -0.25) is 4.55 Å². The molecule has 23 heavy (non-hydrogen) atoms. The van der Waals surface area contributed by atoms with Crippen molar-refractivity contribution in [2.45, 2.75) is 11.7 Å². The number of nitrogens with zero attached hydrogens (tertiary/aromatic N) is 1. The molecule has 0 aliphatic heterocycles. The van der Waals surface area contributed by atoms with Crippen LogP contribution in [0.15, 0.2) is 0 Å². The van der Waals surface area contributed by atoms with Crippen LogP contribution in [0.3, 0.4) is 0 Å². The van der Waals surface area contributed by atoms with Crippen LogP contribution in [0.25, 0.3) is 0 Å². The fraction of sp³-hybridized carbons (Fsp3) is 1.00. The lowest BCUT2D eigenvalue weighted by Crippen LogP contribution is -2.54. The third kappa shape index (κ3) is 8.74. The maximum atomic E-state index is 11.5. The molecule has 0 amide bonds. The van der Waals surface area contributed by atoms with E-state index in [0.717, 1.165) is 0 Å². The molecule has 0 radical (unpaired) electrons. The lowest BCUT2D eigenvalue weighted by molar-refractivity contribution is -0.929. The van der Waals surface area contributed by atoms with E-state index in [2.05, 4.69) is 0 Å². The number of alkyl halides is 4. The van der Waals surface area contributed by atoms with Gasteiger partial charge in [-0.15, -0.1) is 0 Å². The molecule has 0 unspecified atom stereocenters. The van der Waals surface area contributed by atoms with E-state index < -0.39 is 21.8 Å². The van der Waals surface area contributed by atoms with Crippen molar-refractivity contribution in [1.82, 2.24) is 0 Å². The second-order valence-electron chi connectivity index (χ2n) is 4.47. The van der Waals surface area contributed by atoms with Crippen molar-refractivity contribution in [2.75, 3.05) is 52.6 Å². The first-order valence-electron chi connectivity index (χ1n) is 6.35. The Kier molecular flexibility index (Phi) is 11.9. The predicted octanol–water partition coefficient (Wildman–Crippen LogP) is -1.50. The summed E-state index contributed by atoms with van der Waals surface area (Å²) in [6.07, 6.45) is -4.41.